The molecule has 2 aromatic rings. The Balaban J connectivity index is 2.94. The van der Waals surface area contributed by atoms with Gasteiger partial charge in [0.1, 0.15) is 12.0 Å². The number of fused-ring (bicyclic) bond motifs is 1. The lowest BCUT2D eigenvalue weighted by Gasteiger charge is -1.91. The van der Waals surface area contributed by atoms with Crippen LogP contribution < -0.4 is 0 Å². The van der Waals surface area contributed by atoms with Crippen molar-refractivity contribution in [2.24, 2.45) is 0 Å². The third-order valence-corrected chi connectivity index (χ3v) is 1.49. The molecule has 0 saturated heterocycles. The molecule has 11 heavy (non-hydrogen) atoms. The van der Waals surface area contributed by atoms with Crippen LogP contribution in [0.3, 0.4) is 0 Å². The Labute approximate surface area is 67.4 Å². The van der Waals surface area contributed by atoms with E-state index in [1.807, 2.05) is 0 Å². The normalized spacial score (nSPS) is 10.2. The zero-order chi connectivity index (χ0) is 7.68. The molecule has 0 amide bonds. The lowest BCUT2D eigenvalue weighted by atomic mass is 10.4. The lowest BCUT2D eigenvalue weighted by molar-refractivity contribution is 1.12. The minimum Gasteiger partial charge on any atom is -0.315 e. The van der Waals surface area contributed by atoms with Gasteiger partial charge >= 0.3 is 0 Å². The van der Waals surface area contributed by atoms with Gasteiger partial charge in [0.15, 0.2) is 4.77 Å². The second-order valence-electron chi connectivity index (χ2n) is 2.02. The summed E-state index contributed by atoms with van der Waals surface area (Å²) in [7, 11) is 0. The van der Waals surface area contributed by atoms with Crippen LogP contribution in [0.4, 0.5) is 0 Å². The molecule has 2 aromatic heterocycles. The van der Waals surface area contributed by atoms with Gasteiger partial charge in [-0.1, -0.05) is 0 Å². The van der Waals surface area contributed by atoms with E-state index in [0.29, 0.717) is 4.77 Å². The van der Waals surface area contributed by atoms with E-state index in [-0.39, 0.29) is 0 Å². The molecule has 0 unspecified atom stereocenters. The molecule has 0 aliphatic carbocycles. The third-order valence-electron chi connectivity index (χ3n) is 1.29. The maximum atomic E-state index is 4.81. The monoisotopic (exact) mass is 164 g/mol. The van der Waals surface area contributed by atoms with Gasteiger partial charge < -0.3 is 4.98 Å². The summed E-state index contributed by atoms with van der Waals surface area (Å²) >= 11 is 4.81. The maximum absolute atomic E-state index is 4.81. The van der Waals surface area contributed by atoms with Crippen molar-refractivity contribution in [2.75, 3.05) is 0 Å². The van der Waals surface area contributed by atoms with E-state index < -0.39 is 0 Å². The average Bonchev–Trinajstić information content (AvgIpc) is 2.04. The summed E-state index contributed by atoms with van der Waals surface area (Å²) in [5.74, 6) is 0. The highest BCUT2D eigenvalue weighted by molar-refractivity contribution is 7.71. The molecule has 1 N–H and O–H groups in total. The summed E-state index contributed by atoms with van der Waals surface area (Å²) in [6.07, 6.45) is 4.79. The van der Waals surface area contributed by atoms with Crippen molar-refractivity contribution in [3.8, 4) is 0 Å². The first kappa shape index (κ1) is 6.36. The summed E-state index contributed by atoms with van der Waals surface area (Å²) in [6, 6.07) is 0. The summed E-state index contributed by atoms with van der Waals surface area (Å²) in [6.45, 7) is 0. The molecule has 0 aliphatic heterocycles. The van der Waals surface area contributed by atoms with E-state index in [4.69, 9.17) is 12.2 Å². The van der Waals surface area contributed by atoms with Crippen molar-refractivity contribution >= 4 is 23.3 Å². The van der Waals surface area contributed by atoms with Crippen molar-refractivity contribution < 1.29 is 0 Å². The fourth-order valence-electron chi connectivity index (χ4n) is 0.801. The first-order chi connectivity index (χ1) is 5.36. The first-order valence-corrected chi connectivity index (χ1v) is 3.42. The number of hydrogen-bond acceptors (Lipinski definition) is 4. The minimum atomic E-state index is 0.441. The van der Waals surface area contributed by atoms with E-state index >= 15 is 0 Å². The fourth-order valence-corrected chi connectivity index (χ4v) is 0.950. The van der Waals surface area contributed by atoms with E-state index in [1.165, 1.54) is 6.33 Å². The smallest absolute Gasteiger partial charge is 0.198 e. The van der Waals surface area contributed by atoms with Crippen LogP contribution >= 0.6 is 12.2 Å². The summed E-state index contributed by atoms with van der Waals surface area (Å²) in [4.78, 5) is 14.5. The molecule has 0 atom stereocenters. The summed E-state index contributed by atoms with van der Waals surface area (Å²) < 4.78 is 0.441. The Kier molecular flexibility index (Phi) is 1.36. The van der Waals surface area contributed by atoms with Crippen molar-refractivity contribution in [3.05, 3.63) is 23.5 Å². The van der Waals surface area contributed by atoms with Gasteiger partial charge in [-0.05, 0) is 12.2 Å². The third kappa shape index (κ3) is 1.10. The van der Waals surface area contributed by atoms with Crippen LogP contribution in [0.2, 0.25) is 0 Å². The second kappa shape index (κ2) is 2.35. The number of aromatic amines is 1. The second-order valence-corrected chi connectivity index (χ2v) is 2.40. The van der Waals surface area contributed by atoms with Crippen LogP contribution in [-0.2, 0) is 0 Å². The lowest BCUT2D eigenvalue weighted by Crippen LogP contribution is -1.87. The maximum Gasteiger partial charge on any atom is 0.198 e. The van der Waals surface area contributed by atoms with Crippen molar-refractivity contribution in [1.82, 2.24) is 19.9 Å². The van der Waals surface area contributed by atoms with Crippen LogP contribution in [0.25, 0.3) is 11.0 Å². The Morgan fingerprint density at radius 3 is 3.09 bits per heavy atom. The largest absolute Gasteiger partial charge is 0.315 e. The predicted molar refractivity (Wildman–Crippen MR) is 42.5 cm³/mol. The Hall–Kier alpha value is -1.36. The van der Waals surface area contributed by atoms with Crippen LogP contribution in [-0.4, -0.2) is 19.9 Å². The average molecular weight is 164 g/mol. The Bertz CT molecular complexity index is 436. The molecule has 0 radical (unpaired) electrons. The van der Waals surface area contributed by atoms with Crippen LogP contribution in [0, 0.1) is 4.77 Å². The quantitative estimate of drug-likeness (QED) is 0.592. The van der Waals surface area contributed by atoms with Crippen molar-refractivity contribution in [3.63, 3.8) is 0 Å². The summed E-state index contributed by atoms with van der Waals surface area (Å²) in [5, 5.41) is 0.862. The number of rotatable bonds is 0. The molecule has 0 saturated carbocycles. The van der Waals surface area contributed by atoms with E-state index in [1.54, 1.807) is 12.4 Å². The SMILES string of the molecule is S=c1ncc2cncnc2[nH]1. The highest BCUT2D eigenvalue weighted by Gasteiger charge is 1.91. The Morgan fingerprint density at radius 2 is 2.18 bits per heavy atom. The number of hydrogen-bond donors (Lipinski definition) is 1. The van der Waals surface area contributed by atoms with Gasteiger partial charge in [0.25, 0.3) is 0 Å². The van der Waals surface area contributed by atoms with Gasteiger partial charge in [0.05, 0.1) is 5.39 Å². The van der Waals surface area contributed by atoms with Crippen molar-refractivity contribution in [1.29, 1.82) is 0 Å². The zero-order valence-electron chi connectivity index (χ0n) is 5.48. The van der Waals surface area contributed by atoms with Gasteiger partial charge in [-0.2, -0.15) is 0 Å². The number of nitrogens with zero attached hydrogens (tertiary/aromatic N) is 3. The van der Waals surface area contributed by atoms with Gasteiger partial charge in [-0.3, -0.25) is 0 Å². The fraction of sp³-hybridized carbons (Fsp3) is 0. The molecule has 0 fully saturated rings. The van der Waals surface area contributed by atoms with E-state index in [2.05, 4.69) is 19.9 Å². The summed E-state index contributed by atoms with van der Waals surface area (Å²) in [5.41, 5.74) is 0.722. The van der Waals surface area contributed by atoms with Crippen LogP contribution in [0.5, 0.6) is 0 Å². The Morgan fingerprint density at radius 1 is 1.27 bits per heavy atom. The number of H-pyrrole nitrogens is 1. The molecule has 0 aliphatic rings. The molecule has 2 rings (SSSR count). The van der Waals surface area contributed by atoms with E-state index in [0.717, 1.165) is 11.0 Å². The van der Waals surface area contributed by atoms with Gasteiger partial charge in [0, 0.05) is 12.4 Å². The van der Waals surface area contributed by atoms with Gasteiger partial charge in [-0.15, -0.1) is 0 Å². The molecule has 0 bridgehead atoms. The molecular formula is C6H4N4S. The molecule has 0 aromatic carbocycles. The number of nitrogens with one attached hydrogen (secondary N) is 1. The highest BCUT2D eigenvalue weighted by atomic mass is 32.1. The minimum absolute atomic E-state index is 0.441. The van der Waals surface area contributed by atoms with Gasteiger partial charge in [-0.25, -0.2) is 15.0 Å². The molecule has 0 spiro atoms. The van der Waals surface area contributed by atoms with Crippen LogP contribution in [0.1, 0.15) is 0 Å². The van der Waals surface area contributed by atoms with Crippen molar-refractivity contribution in [2.45, 2.75) is 0 Å². The molecule has 4 nitrogen and oxygen atoms in total. The molecule has 5 heteroatoms. The molecule has 54 valence electrons. The molecular weight excluding hydrogens is 160 g/mol. The van der Waals surface area contributed by atoms with Crippen LogP contribution in [0.15, 0.2) is 18.7 Å². The highest BCUT2D eigenvalue weighted by Crippen LogP contribution is 2.01. The molecule has 2 heterocycles. The van der Waals surface area contributed by atoms with E-state index in [9.17, 15) is 0 Å². The zero-order valence-corrected chi connectivity index (χ0v) is 6.30. The first-order valence-electron chi connectivity index (χ1n) is 3.01. The topological polar surface area (TPSA) is 54.5 Å². The predicted octanol–water partition coefficient (Wildman–Crippen LogP) is 1.08. The standard InChI is InChI=1S/C6H4N4S/c11-6-8-2-4-1-7-3-9-5(4)10-6/h1-3H,(H,7,8,9,10,11). The van der Waals surface area contributed by atoms with Gasteiger partial charge in [0.2, 0.25) is 0 Å². The number of aromatic nitrogens is 4.